The fraction of sp³-hybridized carbons (Fsp3) is 0.333. The van der Waals surface area contributed by atoms with E-state index in [1.165, 1.54) is 23.0 Å². The number of nitrogens with zero attached hydrogens (tertiary/aromatic N) is 2. The number of rotatable bonds is 1. The van der Waals surface area contributed by atoms with Crippen LogP contribution in [0.4, 0.5) is 10.1 Å². The number of anilines is 1. The molecule has 6 heteroatoms. The fourth-order valence-electron chi connectivity index (χ4n) is 1.54. The SMILES string of the molecule is CC(C)(C)OC(=O)c1cnn2ccc(N)c(F)c12. The van der Waals surface area contributed by atoms with Gasteiger partial charge in [0.15, 0.2) is 5.82 Å². The van der Waals surface area contributed by atoms with Crippen molar-refractivity contribution in [3.05, 3.63) is 29.8 Å². The lowest BCUT2D eigenvalue weighted by Crippen LogP contribution is -2.23. The van der Waals surface area contributed by atoms with E-state index in [9.17, 15) is 9.18 Å². The largest absolute Gasteiger partial charge is 0.456 e. The van der Waals surface area contributed by atoms with Crippen LogP contribution in [0.25, 0.3) is 5.52 Å². The normalized spacial score (nSPS) is 11.8. The minimum absolute atomic E-state index is 0.0317. The second kappa shape index (κ2) is 3.97. The number of hydrogen-bond acceptors (Lipinski definition) is 4. The molecule has 2 aromatic heterocycles. The zero-order valence-corrected chi connectivity index (χ0v) is 10.4. The number of halogens is 1. The first kappa shape index (κ1) is 12.3. The van der Waals surface area contributed by atoms with Crippen molar-refractivity contribution >= 4 is 17.2 Å². The first-order valence-electron chi connectivity index (χ1n) is 5.44. The lowest BCUT2D eigenvalue weighted by Gasteiger charge is -2.19. The Morgan fingerprint density at radius 3 is 2.78 bits per heavy atom. The number of nitrogens with two attached hydrogens (primary N) is 1. The summed E-state index contributed by atoms with van der Waals surface area (Å²) in [7, 11) is 0. The van der Waals surface area contributed by atoms with Gasteiger partial charge in [-0.2, -0.15) is 5.10 Å². The smallest absolute Gasteiger partial charge is 0.342 e. The summed E-state index contributed by atoms with van der Waals surface area (Å²) in [4.78, 5) is 11.9. The summed E-state index contributed by atoms with van der Waals surface area (Å²) in [6.45, 7) is 5.21. The van der Waals surface area contributed by atoms with Gasteiger partial charge in [0.05, 0.1) is 11.9 Å². The first-order chi connectivity index (χ1) is 8.29. The highest BCUT2D eigenvalue weighted by Crippen LogP contribution is 2.22. The Labute approximate surface area is 103 Å². The molecule has 18 heavy (non-hydrogen) atoms. The maximum atomic E-state index is 13.9. The lowest BCUT2D eigenvalue weighted by atomic mass is 10.2. The number of ether oxygens (including phenoxy) is 1. The number of carbonyl (C=O) groups excluding carboxylic acids is 1. The van der Waals surface area contributed by atoms with Gasteiger partial charge in [-0.15, -0.1) is 0 Å². The highest BCUT2D eigenvalue weighted by molar-refractivity contribution is 5.97. The highest BCUT2D eigenvalue weighted by Gasteiger charge is 2.23. The summed E-state index contributed by atoms with van der Waals surface area (Å²) in [5, 5.41) is 3.89. The monoisotopic (exact) mass is 251 g/mol. The van der Waals surface area contributed by atoms with E-state index in [1.807, 2.05) is 0 Å². The molecule has 0 saturated carbocycles. The fourth-order valence-corrected chi connectivity index (χ4v) is 1.54. The Hall–Kier alpha value is -2.11. The topological polar surface area (TPSA) is 69.6 Å². The molecule has 0 saturated heterocycles. The number of hydrogen-bond donors (Lipinski definition) is 1. The molecule has 0 spiro atoms. The molecule has 96 valence electrons. The van der Waals surface area contributed by atoms with E-state index in [-0.39, 0.29) is 16.8 Å². The van der Waals surface area contributed by atoms with Crippen molar-refractivity contribution < 1.29 is 13.9 Å². The second-order valence-corrected chi connectivity index (χ2v) is 4.94. The molecule has 2 heterocycles. The van der Waals surface area contributed by atoms with Crippen LogP contribution in [0.1, 0.15) is 31.1 Å². The van der Waals surface area contributed by atoms with Gasteiger partial charge in [0.1, 0.15) is 16.7 Å². The molecule has 0 aliphatic heterocycles. The average molecular weight is 251 g/mol. The van der Waals surface area contributed by atoms with Gasteiger partial charge in [0.25, 0.3) is 0 Å². The van der Waals surface area contributed by atoms with Crippen molar-refractivity contribution in [3.8, 4) is 0 Å². The zero-order chi connectivity index (χ0) is 13.5. The number of pyridine rings is 1. The Morgan fingerprint density at radius 2 is 2.17 bits per heavy atom. The average Bonchev–Trinajstić information content (AvgIpc) is 2.65. The summed E-state index contributed by atoms with van der Waals surface area (Å²) in [5.74, 6) is -1.29. The predicted molar refractivity (Wildman–Crippen MR) is 64.7 cm³/mol. The minimum Gasteiger partial charge on any atom is -0.456 e. The van der Waals surface area contributed by atoms with Crippen LogP contribution in [0.3, 0.4) is 0 Å². The molecule has 2 N–H and O–H groups in total. The van der Waals surface area contributed by atoms with E-state index >= 15 is 0 Å². The van der Waals surface area contributed by atoms with E-state index in [1.54, 1.807) is 20.8 Å². The molecule has 2 rings (SSSR count). The van der Waals surface area contributed by atoms with Crippen molar-refractivity contribution in [3.63, 3.8) is 0 Å². The molecule has 0 aromatic carbocycles. The van der Waals surface area contributed by atoms with Crippen molar-refractivity contribution in [2.45, 2.75) is 26.4 Å². The summed E-state index contributed by atoms with van der Waals surface area (Å²) >= 11 is 0. The van der Waals surface area contributed by atoms with Crippen molar-refractivity contribution in [1.29, 1.82) is 0 Å². The summed E-state index contributed by atoms with van der Waals surface area (Å²) in [6, 6.07) is 1.38. The molecule has 0 bridgehead atoms. The van der Waals surface area contributed by atoms with Crippen LogP contribution >= 0.6 is 0 Å². The Balaban J connectivity index is 2.52. The molecule has 0 unspecified atom stereocenters. The minimum atomic E-state index is -0.671. The quantitative estimate of drug-likeness (QED) is 0.787. The molecule has 0 radical (unpaired) electrons. The molecule has 0 fully saturated rings. The molecule has 0 atom stereocenters. The molecule has 5 nitrogen and oxygen atoms in total. The lowest BCUT2D eigenvalue weighted by molar-refractivity contribution is 0.00715. The molecule has 0 aliphatic rings. The van der Waals surface area contributed by atoms with Gasteiger partial charge in [-0.05, 0) is 26.8 Å². The maximum Gasteiger partial charge on any atom is 0.342 e. The van der Waals surface area contributed by atoms with Gasteiger partial charge in [0, 0.05) is 6.20 Å². The Bertz CT molecular complexity index is 614. The highest BCUT2D eigenvalue weighted by atomic mass is 19.1. The summed E-state index contributed by atoms with van der Waals surface area (Å²) < 4.78 is 20.3. The first-order valence-corrected chi connectivity index (χ1v) is 5.44. The Kier molecular flexibility index (Phi) is 2.73. The van der Waals surface area contributed by atoms with Gasteiger partial charge >= 0.3 is 5.97 Å². The van der Waals surface area contributed by atoms with E-state index in [4.69, 9.17) is 10.5 Å². The van der Waals surface area contributed by atoms with Crippen LogP contribution in [0.2, 0.25) is 0 Å². The number of fused-ring (bicyclic) bond motifs is 1. The molecule has 0 aliphatic carbocycles. The zero-order valence-electron chi connectivity index (χ0n) is 10.4. The number of aromatic nitrogens is 2. The van der Waals surface area contributed by atoms with Crippen molar-refractivity contribution in [2.75, 3.05) is 5.73 Å². The third kappa shape index (κ3) is 2.13. The van der Waals surface area contributed by atoms with E-state index in [0.717, 1.165) is 0 Å². The van der Waals surface area contributed by atoms with Crippen LogP contribution in [-0.2, 0) is 4.74 Å². The Morgan fingerprint density at radius 1 is 1.50 bits per heavy atom. The van der Waals surface area contributed by atoms with E-state index in [2.05, 4.69) is 5.10 Å². The van der Waals surface area contributed by atoms with Crippen molar-refractivity contribution in [2.24, 2.45) is 0 Å². The van der Waals surface area contributed by atoms with Crippen LogP contribution in [0.5, 0.6) is 0 Å². The molecule has 0 amide bonds. The molecular formula is C12H14FN3O2. The van der Waals surface area contributed by atoms with Gasteiger partial charge < -0.3 is 10.5 Å². The number of carbonyl (C=O) groups is 1. The van der Waals surface area contributed by atoms with Crippen LogP contribution in [-0.4, -0.2) is 21.2 Å². The van der Waals surface area contributed by atoms with Gasteiger partial charge in [-0.1, -0.05) is 0 Å². The third-order valence-corrected chi connectivity index (χ3v) is 2.27. The molecule has 2 aromatic rings. The van der Waals surface area contributed by atoms with Crippen LogP contribution in [0, 0.1) is 5.82 Å². The van der Waals surface area contributed by atoms with Gasteiger partial charge in [-0.3, -0.25) is 0 Å². The van der Waals surface area contributed by atoms with Crippen LogP contribution < -0.4 is 5.73 Å². The van der Waals surface area contributed by atoms with Gasteiger partial charge in [0.2, 0.25) is 0 Å². The van der Waals surface area contributed by atoms with E-state index < -0.39 is 17.4 Å². The third-order valence-electron chi connectivity index (χ3n) is 2.27. The molecular weight excluding hydrogens is 237 g/mol. The maximum absolute atomic E-state index is 13.9. The van der Waals surface area contributed by atoms with Crippen LogP contribution in [0.15, 0.2) is 18.5 Å². The number of esters is 1. The van der Waals surface area contributed by atoms with Gasteiger partial charge in [-0.25, -0.2) is 13.7 Å². The summed E-state index contributed by atoms with van der Waals surface area (Å²) in [6.07, 6.45) is 2.76. The number of nitrogen functional groups attached to an aromatic ring is 1. The van der Waals surface area contributed by atoms with E-state index in [0.29, 0.717) is 0 Å². The second-order valence-electron chi connectivity index (χ2n) is 4.94. The summed E-state index contributed by atoms with van der Waals surface area (Å²) in [5.41, 5.74) is 4.88. The van der Waals surface area contributed by atoms with Crippen molar-refractivity contribution in [1.82, 2.24) is 9.61 Å². The standard InChI is InChI=1S/C12H14FN3O2/c1-12(2,3)18-11(17)7-6-15-16-5-4-8(14)9(13)10(7)16/h4-6H,14H2,1-3H3. The predicted octanol–water partition coefficient (Wildman–Crippen LogP) is 2.01.